The molecule has 0 aliphatic heterocycles. The quantitative estimate of drug-likeness (QED) is 0.828. The number of halogens is 1. The standard InChI is InChI=1S/C13H16BrN3O2/c14-12-11(19-7-1-6-18)5-4-10-13(12)15-16-17(10)8-9-2-3-9/h4-5,9,18H,1-3,6-8H2. The predicted octanol–water partition coefficient (Wildman–Crippen LogP) is 2.37. The molecule has 1 heterocycles. The molecule has 102 valence electrons. The first-order valence-electron chi connectivity index (χ1n) is 6.55. The molecule has 1 aromatic heterocycles. The molecule has 3 rings (SSSR count). The van der Waals surface area contributed by atoms with Crippen LogP contribution in [0.4, 0.5) is 0 Å². The topological polar surface area (TPSA) is 60.2 Å². The summed E-state index contributed by atoms with van der Waals surface area (Å²) in [6, 6.07) is 3.92. The van der Waals surface area contributed by atoms with Crippen molar-refractivity contribution in [3.63, 3.8) is 0 Å². The summed E-state index contributed by atoms with van der Waals surface area (Å²) in [4.78, 5) is 0. The molecule has 1 aliphatic carbocycles. The van der Waals surface area contributed by atoms with Crippen molar-refractivity contribution in [2.75, 3.05) is 13.2 Å². The summed E-state index contributed by atoms with van der Waals surface area (Å²) < 4.78 is 8.41. The van der Waals surface area contributed by atoms with Gasteiger partial charge in [0.05, 0.1) is 16.6 Å². The van der Waals surface area contributed by atoms with Crippen LogP contribution in [0.1, 0.15) is 19.3 Å². The second-order valence-electron chi connectivity index (χ2n) is 4.89. The van der Waals surface area contributed by atoms with Gasteiger partial charge in [-0.2, -0.15) is 0 Å². The van der Waals surface area contributed by atoms with E-state index in [1.54, 1.807) is 0 Å². The van der Waals surface area contributed by atoms with Crippen LogP contribution in [0, 0.1) is 5.92 Å². The van der Waals surface area contributed by atoms with E-state index in [9.17, 15) is 0 Å². The Hall–Kier alpha value is -1.14. The van der Waals surface area contributed by atoms with Gasteiger partial charge in [-0.05, 0) is 46.8 Å². The van der Waals surface area contributed by atoms with E-state index >= 15 is 0 Å². The summed E-state index contributed by atoms with van der Waals surface area (Å²) >= 11 is 3.53. The lowest BCUT2D eigenvalue weighted by Gasteiger charge is -2.07. The average molecular weight is 326 g/mol. The lowest BCUT2D eigenvalue weighted by atomic mass is 10.3. The predicted molar refractivity (Wildman–Crippen MR) is 75.1 cm³/mol. The first-order chi connectivity index (χ1) is 9.29. The highest BCUT2D eigenvalue weighted by Crippen LogP contribution is 2.34. The number of rotatable bonds is 6. The molecule has 1 aromatic carbocycles. The smallest absolute Gasteiger partial charge is 0.135 e. The van der Waals surface area contributed by atoms with Gasteiger partial charge in [-0.3, -0.25) is 0 Å². The van der Waals surface area contributed by atoms with Crippen molar-refractivity contribution in [3.8, 4) is 5.75 Å². The largest absolute Gasteiger partial charge is 0.492 e. The molecule has 0 unspecified atom stereocenters. The number of hydrogen-bond donors (Lipinski definition) is 1. The molecule has 1 N–H and O–H groups in total. The van der Waals surface area contributed by atoms with E-state index in [0.29, 0.717) is 13.0 Å². The first-order valence-corrected chi connectivity index (χ1v) is 7.34. The van der Waals surface area contributed by atoms with E-state index in [2.05, 4.69) is 26.2 Å². The molecule has 1 saturated carbocycles. The highest BCUT2D eigenvalue weighted by molar-refractivity contribution is 9.10. The number of fused-ring (bicyclic) bond motifs is 1. The maximum Gasteiger partial charge on any atom is 0.135 e. The average Bonchev–Trinajstić information content (AvgIpc) is 3.13. The highest BCUT2D eigenvalue weighted by atomic mass is 79.9. The molecular weight excluding hydrogens is 310 g/mol. The normalized spacial score (nSPS) is 15.1. The third kappa shape index (κ3) is 2.74. The zero-order valence-electron chi connectivity index (χ0n) is 10.5. The number of aliphatic hydroxyl groups is 1. The van der Waals surface area contributed by atoms with Crippen LogP contribution >= 0.6 is 15.9 Å². The van der Waals surface area contributed by atoms with Gasteiger partial charge in [-0.1, -0.05) is 5.21 Å². The Labute approximate surface area is 119 Å². The molecule has 1 fully saturated rings. The van der Waals surface area contributed by atoms with Crippen LogP contribution in [-0.4, -0.2) is 33.3 Å². The van der Waals surface area contributed by atoms with Crippen LogP contribution in [0.3, 0.4) is 0 Å². The fourth-order valence-electron chi connectivity index (χ4n) is 2.02. The van der Waals surface area contributed by atoms with Crippen LogP contribution in [-0.2, 0) is 6.54 Å². The van der Waals surface area contributed by atoms with E-state index < -0.39 is 0 Å². The van der Waals surface area contributed by atoms with E-state index in [0.717, 1.165) is 33.7 Å². The zero-order valence-corrected chi connectivity index (χ0v) is 12.1. The highest BCUT2D eigenvalue weighted by Gasteiger charge is 2.23. The number of hydrogen-bond acceptors (Lipinski definition) is 4. The molecule has 0 radical (unpaired) electrons. The third-order valence-electron chi connectivity index (χ3n) is 3.28. The second-order valence-corrected chi connectivity index (χ2v) is 5.68. The summed E-state index contributed by atoms with van der Waals surface area (Å²) in [5.41, 5.74) is 1.87. The lowest BCUT2D eigenvalue weighted by molar-refractivity contribution is 0.233. The van der Waals surface area contributed by atoms with Crippen LogP contribution in [0.5, 0.6) is 5.75 Å². The molecular formula is C13H16BrN3O2. The van der Waals surface area contributed by atoms with Gasteiger partial charge in [0.25, 0.3) is 0 Å². The number of aliphatic hydroxyl groups excluding tert-OH is 1. The minimum atomic E-state index is 0.136. The van der Waals surface area contributed by atoms with E-state index in [1.165, 1.54) is 12.8 Å². The molecule has 0 atom stereocenters. The van der Waals surface area contributed by atoms with Gasteiger partial charge in [0, 0.05) is 19.6 Å². The maximum absolute atomic E-state index is 8.76. The fourth-order valence-corrected chi connectivity index (χ4v) is 2.55. The van der Waals surface area contributed by atoms with Crippen LogP contribution < -0.4 is 4.74 Å². The van der Waals surface area contributed by atoms with Gasteiger partial charge in [0.2, 0.25) is 0 Å². The summed E-state index contributed by atoms with van der Waals surface area (Å²) in [5.74, 6) is 1.52. The molecule has 19 heavy (non-hydrogen) atoms. The van der Waals surface area contributed by atoms with Crippen molar-refractivity contribution in [2.45, 2.75) is 25.8 Å². The van der Waals surface area contributed by atoms with Gasteiger partial charge in [-0.15, -0.1) is 5.10 Å². The second kappa shape index (κ2) is 5.46. The molecule has 1 aliphatic rings. The van der Waals surface area contributed by atoms with Gasteiger partial charge in [0.15, 0.2) is 0 Å². The number of nitrogens with zero attached hydrogens (tertiary/aromatic N) is 3. The van der Waals surface area contributed by atoms with Gasteiger partial charge in [-0.25, -0.2) is 4.68 Å². The number of aromatic nitrogens is 3. The van der Waals surface area contributed by atoms with Crippen molar-refractivity contribution in [2.24, 2.45) is 5.92 Å². The summed E-state index contributed by atoms with van der Waals surface area (Å²) in [6.45, 7) is 1.59. The van der Waals surface area contributed by atoms with Crippen molar-refractivity contribution >= 4 is 27.0 Å². The molecule has 2 aromatic rings. The Morgan fingerprint density at radius 3 is 3.00 bits per heavy atom. The number of benzene rings is 1. The van der Waals surface area contributed by atoms with Crippen LogP contribution in [0.15, 0.2) is 16.6 Å². The van der Waals surface area contributed by atoms with Crippen LogP contribution in [0.25, 0.3) is 11.0 Å². The summed E-state index contributed by atoms with van der Waals surface area (Å²) in [5, 5.41) is 17.2. The molecule has 0 saturated heterocycles. The fraction of sp³-hybridized carbons (Fsp3) is 0.538. The third-order valence-corrected chi connectivity index (χ3v) is 4.04. The van der Waals surface area contributed by atoms with E-state index in [-0.39, 0.29) is 6.61 Å². The van der Waals surface area contributed by atoms with E-state index in [1.807, 2.05) is 16.8 Å². The molecule has 0 amide bonds. The van der Waals surface area contributed by atoms with E-state index in [4.69, 9.17) is 9.84 Å². The van der Waals surface area contributed by atoms with Gasteiger partial charge in [0.1, 0.15) is 11.3 Å². The lowest BCUT2D eigenvalue weighted by Crippen LogP contribution is -2.02. The first kappa shape index (κ1) is 12.9. The Bertz CT molecular complexity index is 581. The molecule has 5 nitrogen and oxygen atoms in total. The minimum absolute atomic E-state index is 0.136. The molecule has 0 spiro atoms. The Morgan fingerprint density at radius 2 is 2.26 bits per heavy atom. The van der Waals surface area contributed by atoms with Gasteiger partial charge >= 0.3 is 0 Å². The minimum Gasteiger partial charge on any atom is -0.492 e. The van der Waals surface area contributed by atoms with Crippen molar-refractivity contribution in [3.05, 3.63) is 16.6 Å². The maximum atomic E-state index is 8.76. The zero-order chi connectivity index (χ0) is 13.2. The summed E-state index contributed by atoms with van der Waals surface area (Å²) in [6.07, 6.45) is 3.22. The molecule has 6 heteroatoms. The van der Waals surface area contributed by atoms with Gasteiger partial charge < -0.3 is 9.84 Å². The number of ether oxygens (including phenoxy) is 1. The Morgan fingerprint density at radius 1 is 1.42 bits per heavy atom. The Balaban J connectivity index is 1.84. The SMILES string of the molecule is OCCCOc1ccc2c(nnn2CC2CC2)c1Br. The summed E-state index contributed by atoms with van der Waals surface area (Å²) in [7, 11) is 0. The molecule has 0 bridgehead atoms. The monoisotopic (exact) mass is 325 g/mol. The Kier molecular flexibility index (Phi) is 3.70. The van der Waals surface area contributed by atoms with Crippen molar-refractivity contribution < 1.29 is 9.84 Å². The van der Waals surface area contributed by atoms with Crippen molar-refractivity contribution in [1.82, 2.24) is 15.0 Å². The van der Waals surface area contributed by atoms with Crippen molar-refractivity contribution in [1.29, 1.82) is 0 Å². The van der Waals surface area contributed by atoms with Crippen LogP contribution in [0.2, 0.25) is 0 Å².